The molecule has 5 rings (SSSR count). The first kappa shape index (κ1) is 17.8. The summed E-state index contributed by atoms with van der Waals surface area (Å²) in [5.74, 6) is 4.06. The van der Waals surface area contributed by atoms with Crippen molar-refractivity contribution < 1.29 is 0 Å². The zero-order valence-electron chi connectivity index (χ0n) is 17.0. The fourth-order valence-electron chi connectivity index (χ4n) is 5.45. The third kappa shape index (κ3) is 3.11. The Morgan fingerprint density at radius 3 is 3.04 bits per heavy atom. The molecule has 0 amide bonds. The fraction of sp³-hybridized carbons (Fsp3) is 0.565. The molecule has 5 unspecified atom stereocenters. The molecule has 28 heavy (non-hydrogen) atoms. The summed E-state index contributed by atoms with van der Waals surface area (Å²) in [4.78, 5) is 11.8. The van der Waals surface area contributed by atoms with Crippen molar-refractivity contribution in [2.75, 3.05) is 26.2 Å². The van der Waals surface area contributed by atoms with Gasteiger partial charge in [-0.3, -0.25) is 4.99 Å². The largest absolute Gasteiger partial charge is 0.357 e. The SMILES string of the molecule is CCNC(=NCC1C2Cc3ccccc3C12)N1CCC(C)C(n2ccnc2)C1. The van der Waals surface area contributed by atoms with E-state index in [1.807, 2.05) is 12.5 Å². The highest BCUT2D eigenvalue weighted by Crippen LogP contribution is 2.61. The summed E-state index contributed by atoms with van der Waals surface area (Å²) in [6.07, 6.45) is 8.38. The Morgan fingerprint density at radius 2 is 2.21 bits per heavy atom. The Hall–Kier alpha value is -2.30. The van der Waals surface area contributed by atoms with Crippen molar-refractivity contribution in [2.45, 2.75) is 38.6 Å². The Morgan fingerprint density at radius 1 is 1.32 bits per heavy atom. The molecule has 2 aromatic rings. The molecule has 5 nitrogen and oxygen atoms in total. The van der Waals surface area contributed by atoms with Crippen molar-refractivity contribution in [1.82, 2.24) is 19.8 Å². The molecule has 0 bridgehead atoms. The predicted molar refractivity (Wildman–Crippen MR) is 112 cm³/mol. The number of aromatic nitrogens is 2. The second-order valence-corrected chi connectivity index (χ2v) is 8.74. The van der Waals surface area contributed by atoms with E-state index < -0.39 is 0 Å². The predicted octanol–water partition coefficient (Wildman–Crippen LogP) is 3.32. The molecule has 2 aliphatic carbocycles. The maximum absolute atomic E-state index is 5.10. The fourth-order valence-corrected chi connectivity index (χ4v) is 5.45. The van der Waals surface area contributed by atoms with Gasteiger partial charge in [-0.15, -0.1) is 0 Å². The summed E-state index contributed by atoms with van der Waals surface area (Å²) in [5.41, 5.74) is 3.16. The van der Waals surface area contributed by atoms with E-state index in [0.717, 1.165) is 49.9 Å². The van der Waals surface area contributed by atoms with Crippen LogP contribution in [0.4, 0.5) is 0 Å². The third-order valence-corrected chi connectivity index (χ3v) is 7.11. The Labute approximate surface area is 167 Å². The van der Waals surface area contributed by atoms with Crippen LogP contribution in [0.25, 0.3) is 0 Å². The van der Waals surface area contributed by atoms with Gasteiger partial charge in [0.05, 0.1) is 12.4 Å². The van der Waals surface area contributed by atoms with E-state index in [9.17, 15) is 0 Å². The van der Waals surface area contributed by atoms with Crippen LogP contribution in [0.5, 0.6) is 0 Å². The van der Waals surface area contributed by atoms with Crippen LogP contribution in [0.1, 0.15) is 43.4 Å². The van der Waals surface area contributed by atoms with Crippen LogP contribution in [-0.2, 0) is 6.42 Å². The quantitative estimate of drug-likeness (QED) is 0.657. The lowest BCUT2D eigenvalue weighted by molar-refractivity contribution is 0.189. The van der Waals surface area contributed by atoms with Crippen LogP contribution in [-0.4, -0.2) is 46.6 Å². The number of benzene rings is 1. The lowest BCUT2D eigenvalue weighted by Gasteiger charge is -2.39. The first-order valence-corrected chi connectivity index (χ1v) is 10.8. The number of piperidine rings is 1. The zero-order valence-corrected chi connectivity index (χ0v) is 17.0. The summed E-state index contributed by atoms with van der Waals surface area (Å²) < 4.78 is 2.27. The van der Waals surface area contributed by atoms with Gasteiger partial charge in [-0.2, -0.15) is 0 Å². The minimum atomic E-state index is 0.465. The van der Waals surface area contributed by atoms with Gasteiger partial charge < -0.3 is 14.8 Å². The van der Waals surface area contributed by atoms with Gasteiger partial charge in [0.15, 0.2) is 5.96 Å². The smallest absolute Gasteiger partial charge is 0.193 e. The van der Waals surface area contributed by atoms with E-state index in [1.54, 1.807) is 11.1 Å². The summed E-state index contributed by atoms with van der Waals surface area (Å²) in [6.45, 7) is 8.48. The Kier molecular flexibility index (Phi) is 4.61. The van der Waals surface area contributed by atoms with Gasteiger partial charge in [0.2, 0.25) is 0 Å². The number of nitrogens with zero attached hydrogens (tertiary/aromatic N) is 4. The zero-order chi connectivity index (χ0) is 19.1. The molecule has 1 saturated heterocycles. The number of guanidine groups is 1. The van der Waals surface area contributed by atoms with E-state index >= 15 is 0 Å². The molecule has 0 radical (unpaired) electrons. The van der Waals surface area contributed by atoms with Crippen LogP contribution in [0.15, 0.2) is 48.0 Å². The summed E-state index contributed by atoms with van der Waals surface area (Å²) in [7, 11) is 0. The van der Waals surface area contributed by atoms with Crippen molar-refractivity contribution >= 4 is 5.96 Å². The molecule has 1 aromatic heterocycles. The molecule has 0 spiro atoms. The number of nitrogens with one attached hydrogen (secondary N) is 1. The number of rotatable bonds is 4. The van der Waals surface area contributed by atoms with Crippen LogP contribution in [0.2, 0.25) is 0 Å². The summed E-state index contributed by atoms with van der Waals surface area (Å²) >= 11 is 0. The first-order chi connectivity index (χ1) is 13.8. The van der Waals surface area contributed by atoms with E-state index in [0.29, 0.717) is 12.0 Å². The normalized spacial score (nSPS) is 31.4. The number of hydrogen-bond donors (Lipinski definition) is 1. The molecular weight excluding hydrogens is 346 g/mol. The van der Waals surface area contributed by atoms with Gasteiger partial charge >= 0.3 is 0 Å². The lowest BCUT2D eigenvalue weighted by Crippen LogP contribution is -2.49. The van der Waals surface area contributed by atoms with E-state index in [-0.39, 0.29) is 0 Å². The average Bonchev–Trinajstić information content (AvgIpc) is 3.07. The first-order valence-electron chi connectivity index (χ1n) is 10.8. The Balaban J connectivity index is 1.28. The second kappa shape index (κ2) is 7.26. The van der Waals surface area contributed by atoms with E-state index in [2.05, 4.69) is 64.1 Å². The number of aliphatic imine (C=N–C) groups is 1. The standard InChI is InChI=1S/C23H31N5/c1-3-25-23(27-10-8-16(2)21(14-27)28-11-9-24-15-28)26-13-20-19-12-17-6-4-5-7-18(17)22(19)20/h4-7,9,11,15-16,19-22H,3,8,10,12-14H2,1-2H3,(H,25,26). The van der Waals surface area contributed by atoms with Crippen molar-refractivity contribution in [1.29, 1.82) is 0 Å². The molecule has 3 aliphatic rings. The molecular formula is C23H31N5. The molecule has 5 heteroatoms. The maximum atomic E-state index is 5.10. The summed E-state index contributed by atoms with van der Waals surface area (Å²) in [6, 6.07) is 9.46. The second-order valence-electron chi connectivity index (χ2n) is 8.74. The highest BCUT2D eigenvalue weighted by atomic mass is 15.3. The Bertz CT molecular complexity index is 842. The molecule has 1 N–H and O–H groups in total. The number of imidazole rings is 1. The van der Waals surface area contributed by atoms with Gasteiger partial charge in [0, 0.05) is 38.6 Å². The van der Waals surface area contributed by atoms with E-state index in [4.69, 9.17) is 4.99 Å². The molecule has 1 aromatic carbocycles. The van der Waals surface area contributed by atoms with Crippen molar-refractivity contribution in [3.8, 4) is 0 Å². The van der Waals surface area contributed by atoms with Gasteiger partial charge in [0.25, 0.3) is 0 Å². The number of likely N-dealkylation sites (tertiary alicyclic amines) is 1. The highest BCUT2D eigenvalue weighted by molar-refractivity contribution is 5.80. The lowest BCUT2D eigenvalue weighted by atomic mass is 9.93. The minimum Gasteiger partial charge on any atom is -0.357 e. The van der Waals surface area contributed by atoms with Crippen molar-refractivity contribution in [3.05, 3.63) is 54.1 Å². The molecule has 2 heterocycles. The molecule has 5 atom stereocenters. The highest BCUT2D eigenvalue weighted by Gasteiger charge is 2.55. The maximum Gasteiger partial charge on any atom is 0.193 e. The van der Waals surface area contributed by atoms with Crippen LogP contribution in [0, 0.1) is 17.8 Å². The monoisotopic (exact) mass is 377 g/mol. The topological polar surface area (TPSA) is 45.5 Å². The van der Waals surface area contributed by atoms with Crippen LogP contribution in [0.3, 0.4) is 0 Å². The number of hydrogen-bond acceptors (Lipinski definition) is 2. The van der Waals surface area contributed by atoms with Crippen molar-refractivity contribution in [3.63, 3.8) is 0 Å². The molecule has 1 saturated carbocycles. The van der Waals surface area contributed by atoms with Gasteiger partial charge in [-0.05, 0) is 54.6 Å². The minimum absolute atomic E-state index is 0.465. The van der Waals surface area contributed by atoms with E-state index in [1.165, 1.54) is 12.8 Å². The van der Waals surface area contributed by atoms with Crippen molar-refractivity contribution in [2.24, 2.45) is 22.7 Å². The summed E-state index contributed by atoms with van der Waals surface area (Å²) in [5, 5.41) is 3.55. The van der Waals surface area contributed by atoms with Crippen LogP contribution >= 0.6 is 0 Å². The molecule has 2 fully saturated rings. The molecule has 148 valence electrons. The van der Waals surface area contributed by atoms with Crippen LogP contribution < -0.4 is 5.32 Å². The third-order valence-electron chi connectivity index (χ3n) is 7.11. The average molecular weight is 378 g/mol. The van der Waals surface area contributed by atoms with Gasteiger partial charge in [-0.25, -0.2) is 4.98 Å². The van der Waals surface area contributed by atoms with Gasteiger partial charge in [0.1, 0.15) is 0 Å². The van der Waals surface area contributed by atoms with Gasteiger partial charge in [-0.1, -0.05) is 31.2 Å². The molecule has 1 aliphatic heterocycles. The number of fused-ring (bicyclic) bond motifs is 3.